The number of benzene rings is 1. The molecule has 3 nitrogen and oxygen atoms in total. The molecule has 116 valence electrons. The molecule has 0 radical (unpaired) electrons. The average Bonchev–Trinajstić information content (AvgIpc) is 3.17. The van der Waals surface area contributed by atoms with Gasteiger partial charge < -0.3 is 10.1 Å². The van der Waals surface area contributed by atoms with E-state index < -0.39 is 0 Å². The van der Waals surface area contributed by atoms with Gasteiger partial charge in [0, 0.05) is 11.5 Å². The minimum Gasteiger partial charge on any atom is -0.376 e. The van der Waals surface area contributed by atoms with Crippen molar-refractivity contribution in [2.75, 3.05) is 6.61 Å². The lowest BCUT2D eigenvalue weighted by Gasteiger charge is -2.19. The van der Waals surface area contributed by atoms with E-state index in [4.69, 9.17) is 4.74 Å². The van der Waals surface area contributed by atoms with E-state index in [1.165, 1.54) is 0 Å². The van der Waals surface area contributed by atoms with Crippen molar-refractivity contribution in [1.29, 1.82) is 0 Å². The average molecular weight is 315 g/mol. The Bertz CT molecular complexity index is 644. The predicted octanol–water partition coefficient (Wildman–Crippen LogP) is 4.02. The summed E-state index contributed by atoms with van der Waals surface area (Å²) < 4.78 is 5.64. The van der Waals surface area contributed by atoms with Crippen LogP contribution in [0.25, 0.3) is 10.4 Å². The first-order valence-electron chi connectivity index (χ1n) is 7.73. The van der Waals surface area contributed by atoms with Gasteiger partial charge in [-0.15, -0.1) is 11.3 Å². The molecule has 2 atom stereocenters. The summed E-state index contributed by atoms with van der Waals surface area (Å²) in [4.78, 5) is 14.4. The van der Waals surface area contributed by atoms with Gasteiger partial charge in [-0.1, -0.05) is 30.3 Å². The largest absolute Gasteiger partial charge is 0.376 e. The molecular formula is C18H21NO2S. The van der Waals surface area contributed by atoms with Crippen LogP contribution in [0.2, 0.25) is 0 Å². The molecule has 1 amide bonds. The summed E-state index contributed by atoms with van der Waals surface area (Å²) in [5.74, 6) is -0.00159. The van der Waals surface area contributed by atoms with Crippen molar-refractivity contribution in [3.63, 3.8) is 0 Å². The lowest BCUT2D eigenvalue weighted by Crippen LogP contribution is -2.40. The minimum atomic E-state index is -0.00159. The van der Waals surface area contributed by atoms with Crippen LogP contribution >= 0.6 is 11.3 Å². The fourth-order valence-corrected chi connectivity index (χ4v) is 3.92. The SMILES string of the molecule is Cc1cc(C(=O)N[C@H](C)[C@@H]2CCCO2)sc1-c1ccccc1. The van der Waals surface area contributed by atoms with Crippen molar-refractivity contribution in [3.8, 4) is 10.4 Å². The van der Waals surface area contributed by atoms with E-state index >= 15 is 0 Å². The lowest BCUT2D eigenvalue weighted by atomic mass is 10.1. The fraction of sp³-hybridized carbons (Fsp3) is 0.389. The highest BCUT2D eigenvalue weighted by Gasteiger charge is 2.24. The number of hydrogen-bond acceptors (Lipinski definition) is 3. The molecular weight excluding hydrogens is 294 g/mol. The van der Waals surface area contributed by atoms with Crippen molar-refractivity contribution in [2.24, 2.45) is 0 Å². The maximum atomic E-state index is 12.5. The topological polar surface area (TPSA) is 38.3 Å². The number of carbonyl (C=O) groups is 1. The molecule has 1 aromatic heterocycles. The van der Waals surface area contributed by atoms with Crippen molar-refractivity contribution in [1.82, 2.24) is 5.32 Å². The number of carbonyl (C=O) groups excluding carboxylic acids is 1. The third-order valence-corrected chi connectivity index (χ3v) is 5.34. The third kappa shape index (κ3) is 3.23. The van der Waals surface area contributed by atoms with Crippen LogP contribution in [0.5, 0.6) is 0 Å². The first kappa shape index (κ1) is 15.3. The maximum Gasteiger partial charge on any atom is 0.261 e. The lowest BCUT2D eigenvalue weighted by molar-refractivity contribution is 0.0714. The summed E-state index contributed by atoms with van der Waals surface area (Å²) in [5, 5.41) is 3.08. The first-order valence-corrected chi connectivity index (χ1v) is 8.55. The van der Waals surface area contributed by atoms with E-state index in [1.807, 2.05) is 31.2 Å². The van der Waals surface area contributed by atoms with Crippen molar-refractivity contribution in [2.45, 2.75) is 38.8 Å². The molecule has 0 saturated carbocycles. The Morgan fingerprint density at radius 2 is 2.14 bits per heavy atom. The Balaban J connectivity index is 1.73. The highest BCUT2D eigenvalue weighted by Crippen LogP contribution is 2.32. The monoisotopic (exact) mass is 315 g/mol. The van der Waals surface area contributed by atoms with Gasteiger partial charge in [-0.2, -0.15) is 0 Å². The Hall–Kier alpha value is -1.65. The number of ether oxygens (including phenoxy) is 1. The summed E-state index contributed by atoms with van der Waals surface area (Å²) in [6.07, 6.45) is 2.26. The molecule has 3 rings (SSSR count). The number of amides is 1. The molecule has 1 saturated heterocycles. The van der Waals surface area contributed by atoms with Gasteiger partial charge >= 0.3 is 0 Å². The van der Waals surface area contributed by atoms with E-state index in [0.717, 1.165) is 40.3 Å². The second-order valence-corrected chi connectivity index (χ2v) is 6.85. The molecule has 0 unspecified atom stereocenters. The molecule has 1 aliphatic rings. The quantitative estimate of drug-likeness (QED) is 0.925. The van der Waals surface area contributed by atoms with Crippen molar-refractivity contribution < 1.29 is 9.53 Å². The van der Waals surface area contributed by atoms with Crippen molar-refractivity contribution >= 4 is 17.2 Å². The van der Waals surface area contributed by atoms with Crippen LogP contribution in [0, 0.1) is 6.92 Å². The van der Waals surface area contributed by atoms with Crippen LogP contribution < -0.4 is 5.32 Å². The Morgan fingerprint density at radius 1 is 1.36 bits per heavy atom. The van der Waals surface area contributed by atoms with Gasteiger partial charge in [0.05, 0.1) is 17.0 Å². The molecule has 1 N–H and O–H groups in total. The number of thiophene rings is 1. The van der Waals surface area contributed by atoms with Crippen LogP contribution in [0.3, 0.4) is 0 Å². The van der Waals surface area contributed by atoms with Crippen LogP contribution in [-0.4, -0.2) is 24.7 Å². The zero-order valence-corrected chi connectivity index (χ0v) is 13.8. The normalized spacial score (nSPS) is 19.1. The first-order chi connectivity index (χ1) is 10.6. The number of aryl methyl sites for hydroxylation is 1. The van der Waals surface area contributed by atoms with Gasteiger partial charge in [0.15, 0.2) is 0 Å². The molecule has 0 aliphatic carbocycles. The summed E-state index contributed by atoms with van der Waals surface area (Å²) in [6.45, 7) is 4.88. The fourth-order valence-electron chi connectivity index (χ4n) is 2.84. The molecule has 1 aromatic carbocycles. The summed E-state index contributed by atoms with van der Waals surface area (Å²) >= 11 is 1.55. The van der Waals surface area contributed by atoms with E-state index in [1.54, 1.807) is 11.3 Å². The van der Waals surface area contributed by atoms with Crippen LogP contribution in [0.15, 0.2) is 36.4 Å². The van der Waals surface area contributed by atoms with Gasteiger partial charge in [0.25, 0.3) is 5.91 Å². The molecule has 1 fully saturated rings. The number of rotatable bonds is 4. The van der Waals surface area contributed by atoms with Gasteiger partial charge in [0.1, 0.15) is 0 Å². The predicted molar refractivity (Wildman–Crippen MR) is 90.4 cm³/mol. The molecule has 2 heterocycles. The standard InChI is InChI=1S/C18H21NO2S/c1-12-11-16(22-17(12)14-7-4-3-5-8-14)18(20)19-13(2)15-9-6-10-21-15/h3-5,7-8,11,13,15H,6,9-10H2,1-2H3,(H,19,20)/t13-,15+/m1/s1. The van der Waals surface area contributed by atoms with Crippen LogP contribution in [0.1, 0.15) is 35.0 Å². The third-order valence-electron chi connectivity index (χ3n) is 4.06. The summed E-state index contributed by atoms with van der Waals surface area (Å²) in [5.41, 5.74) is 2.31. The van der Waals surface area contributed by atoms with E-state index in [2.05, 4.69) is 24.4 Å². The molecule has 4 heteroatoms. The molecule has 2 aromatic rings. The van der Waals surface area contributed by atoms with Gasteiger partial charge in [-0.25, -0.2) is 0 Å². The van der Waals surface area contributed by atoms with Gasteiger partial charge in [0.2, 0.25) is 0 Å². The molecule has 22 heavy (non-hydrogen) atoms. The smallest absolute Gasteiger partial charge is 0.261 e. The Morgan fingerprint density at radius 3 is 2.82 bits per heavy atom. The van der Waals surface area contributed by atoms with Crippen LogP contribution in [0.4, 0.5) is 0 Å². The Labute approximate surface area is 135 Å². The van der Waals surface area contributed by atoms with E-state index in [0.29, 0.717) is 0 Å². The minimum absolute atomic E-state index is 0.00159. The van der Waals surface area contributed by atoms with Crippen molar-refractivity contribution in [3.05, 3.63) is 46.8 Å². The second-order valence-electron chi connectivity index (χ2n) is 5.80. The summed E-state index contributed by atoms with van der Waals surface area (Å²) in [7, 11) is 0. The Kier molecular flexibility index (Phi) is 4.60. The number of hydrogen-bond donors (Lipinski definition) is 1. The highest BCUT2D eigenvalue weighted by atomic mass is 32.1. The molecule has 0 bridgehead atoms. The molecule has 1 aliphatic heterocycles. The van der Waals surface area contributed by atoms with E-state index in [-0.39, 0.29) is 18.1 Å². The zero-order chi connectivity index (χ0) is 15.5. The summed E-state index contributed by atoms with van der Waals surface area (Å²) in [6, 6.07) is 12.2. The maximum absolute atomic E-state index is 12.5. The highest BCUT2D eigenvalue weighted by molar-refractivity contribution is 7.17. The van der Waals surface area contributed by atoms with E-state index in [9.17, 15) is 4.79 Å². The molecule has 0 spiro atoms. The van der Waals surface area contributed by atoms with Gasteiger partial charge in [-0.3, -0.25) is 4.79 Å². The number of nitrogens with one attached hydrogen (secondary N) is 1. The van der Waals surface area contributed by atoms with Crippen LogP contribution in [-0.2, 0) is 4.74 Å². The zero-order valence-electron chi connectivity index (χ0n) is 13.0. The van der Waals surface area contributed by atoms with Gasteiger partial charge in [-0.05, 0) is 43.9 Å². The second kappa shape index (κ2) is 6.63.